The highest BCUT2D eigenvalue weighted by Gasteiger charge is 2.17. The minimum atomic E-state index is -3.68. The first-order valence-corrected chi connectivity index (χ1v) is 8.26. The van der Waals surface area contributed by atoms with Gasteiger partial charge in [0.15, 0.2) is 0 Å². The van der Waals surface area contributed by atoms with Crippen LogP contribution in [0.2, 0.25) is 5.02 Å². The van der Waals surface area contributed by atoms with E-state index < -0.39 is 16.0 Å². The summed E-state index contributed by atoms with van der Waals surface area (Å²) in [4.78, 5) is 10.8. The molecule has 0 atom stereocenters. The largest absolute Gasteiger partial charge is 0.478 e. The van der Waals surface area contributed by atoms with E-state index in [1.807, 2.05) is 0 Å². The van der Waals surface area contributed by atoms with E-state index in [-0.39, 0.29) is 15.5 Å². The van der Waals surface area contributed by atoms with Gasteiger partial charge in [0.1, 0.15) is 0 Å². The molecule has 0 fully saturated rings. The van der Waals surface area contributed by atoms with Crippen molar-refractivity contribution < 1.29 is 23.1 Å². The Morgan fingerprint density at radius 2 is 2.05 bits per heavy atom. The Morgan fingerprint density at radius 1 is 1.33 bits per heavy atom. The fourth-order valence-electron chi connectivity index (χ4n) is 1.67. The highest BCUT2D eigenvalue weighted by Crippen LogP contribution is 2.20. The highest BCUT2D eigenvalue weighted by molar-refractivity contribution is 7.89. The predicted molar refractivity (Wildman–Crippen MR) is 79.3 cm³/mol. The summed E-state index contributed by atoms with van der Waals surface area (Å²) in [5.41, 5.74) is -0.129. The summed E-state index contributed by atoms with van der Waals surface area (Å²) < 4.78 is 31.4. The van der Waals surface area contributed by atoms with Gasteiger partial charge in [0.2, 0.25) is 10.0 Å². The van der Waals surface area contributed by atoms with Crippen molar-refractivity contribution in [3.8, 4) is 0 Å². The van der Waals surface area contributed by atoms with Crippen molar-refractivity contribution in [2.45, 2.75) is 24.2 Å². The summed E-state index contributed by atoms with van der Waals surface area (Å²) in [5, 5.41) is 8.74. The van der Waals surface area contributed by atoms with Crippen molar-refractivity contribution in [1.29, 1.82) is 0 Å². The van der Waals surface area contributed by atoms with Gasteiger partial charge in [-0.15, -0.1) is 0 Å². The topological polar surface area (TPSA) is 92.7 Å². The van der Waals surface area contributed by atoms with Gasteiger partial charge in [-0.1, -0.05) is 11.6 Å². The first-order valence-electron chi connectivity index (χ1n) is 6.40. The fourth-order valence-corrected chi connectivity index (χ4v) is 3.10. The van der Waals surface area contributed by atoms with Gasteiger partial charge in [-0.3, -0.25) is 0 Å². The van der Waals surface area contributed by atoms with Gasteiger partial charge < -0.3 is 9.84 Å². The number of rotatable bonds is 9. The van der Waals surface area contributed by atoms with Gasteiger partial charge in [-0.2, -0.15) is 0 Å². The zero-order valence-electron chi connectivity index (χ0n) is 11.6. The monoisotopic (exact) mass is 335 g/mol. The van der Waals surface area contributed by atoms with Crippen LogP contribution in [-0.4, -0.2) is 39.8 Å². The minimum Gasteiger partial charge on any atom is -0.478 e. The Balaban J connectivity index is 2.62. The van der Waals surface area contributed by atoms with E-state index in [0.29, 0.717) is 19.6 Å². The maximum Gasteiger partial charge on any atom is 0.337 e. The Bertz CT molecular complexity index is 588. The molecular weight excluding hydrogens is 318 g/mol. The van der Waals surface area contributed by atoms with Crippen molar-refractivity contribution >= 4 is 27.6 Å². The molecule has 1 aromatic rings. The zero-order chi connectivity index (χ0) is 15.9. The van der Waals surface area contributed by atoms with Crippen LogP contribution in [0.1, 0.15) is 29.6 Å². The van der Waals surface area contributed by atoms with Gasteiger partial charge in [-0.25, -0.2) is 17.9 Å². The molecule has 2 N–H and O–H groups in total. The molecule has 0 amide bonds. The van der Waals surface area contributed by atoms with Gasteiger partial charge in [0.05, 0.1) is 15.5 Å². The van der Waals surface area contributed by atoms with E-state index in [4.69, 9.17) is 21.4 Å². The number of carbonyl (C=O) groups is 1. The van der Waals surface area contributed by atoms with E-state index in [1.165, 1.54) is 12.1 Å². The SMILES string of the molecule is COCCCCCNS(=O)(=O)c1ccc(C(=O)O)c(Cl)c1. The lowest BCUT2D eigenvalue weighted by atomic mass is 10.2. The Morgan fingerprint density at radius 3 is 2.62 bits per heavy atom. The number of hydrogen-bond acceptors (Lipinski definition) is 4. The van der Waals surface area contributed by atoms with E-state index in [0.717, 1.165) is 18.9 Å². The molecule has 0 aliphatic carbocycles. The smallest absolute Gasteiger partial charge is 0.337 e. The lowest BCUT2D eigenvalue weighted by molar-refractivity contribution is 0.0697. The van der Waals surface area contributed by atoms with Crippen molar-refractivity contribution in [2.75, 3.05) is 20.3 Å². The highest BCUT2D eigenvalue weighted by atomic mass is 35.5. The molecule has 0 saturated carbocycles. The Kier molecular flexibility index (Phi) is 7.10. The van der Waals surface area contributed by atoms with Crippen LogP contribution in [0, 0.1) is 0 Å². The molecule has 21 heavy (non-hydrogen) atoms. The van der Waals surface area contributed by atoms with E-state index >= 15 is 0 Å². The first-order chi connectivity index (χ1) is 9.88. The number of carboxylic acids is 1. The maximum absolute atomic E-state index is 12.0. The molecule has 0 bridgehead atoms. The molecule has 0 spiro atoms. The number of carboxylic acid groups (broad SMARTS) is 1. The lowest BCUT2D eigenvalue weighted by Crippen LogP contribution is -2.25. The van der Waals surface area contributed by atoms with Crippen LogP contribution in [-0.2, 0) is 14.8 Å². The molecule has 1 rings (SSSR count). The quantitative estimate of drug-likeness (QED) is 0.674. The average molecular weight is 336 g/mol. The second-order valence-corrected chi connectivity index (χ2v) is 6.57. The van der Waals surface area contributed by atoms with Crippen LogP contribution >= 0.6 is 11.6 Å². The summed E-state index contributed by atoms with van der Waals surface area (Å²) in [7, 11) is -2.06. The third-order valence-corrected chi connectivity index (χ3v) is 4.57. The fraction of sp³-hybridized carbons (Fsp3) is 0.462. The lowest BCUT2D eigenvalue weighted by Gasteiger charge is -2.08. The zero-order valence-corrected chi connectivity index (χ0v) is 13.2. The summed E-state index contributed by atoms with van der Waals surface area (Å²) in [6.07, 6.45) is 2.43. The van der Waals surface area contributed by atoms with Gasteiger partial charge in [0.25, 0.3) is 0 Å². The number of benzene rings is 1. The van der Waals surface area contributed by atoms with Crippen LogP contribution in [0.15, 0.2) is 23.1 Å². The molecule has 0 saturated heterocycles. The molecule has 0 unspecified atom stereocenters. The standard InChI is InChI=1S/C13H18ClNO5S/c1-20-8-4-2-3-7-15-21(18,19)10-5-6-11(13(16)17)12(14)9-10/h5-6,9,15H,2-4,7-8H2,1H3,(H,16,17). The van der Waals surface area contributed by atoms with Gasteiger partial charge in [0, 0.05) is 20.3 Å². The van der Waals surface area contributed by atoms with E-state index in [9.17, 15) is 13.2 Å². The summed E-state index contributed by atoms with van der Waals surface area (Å²) in [6, 6.07) is 3.54. The molecule has 6 nitrogen and oxygen atoms in total. The molecule has 0 radical (unpaired) electrons. The summed E-state index contributed by atoms with van der Waals surface area (Å²) in [6.45, 7) is 0.962. The van der Waals surface area contributed by atoms with Crippen molar-refractivity contribution in [2.24, 2.45) is 0 Å². The normalized spacial score (nSPS) is 11.5. The van der Waals surface area contributed by atoms with Crippen LogP contribution in [0.25, 0.3) is 0 Å². The van der Waals surface area contributed by atoms with E-state index in [2.05, 4.69) is 4.72 Å². The molecule has 1 aromatic carbocycles. The second-order valence-electron chi connectivity index (χ2n) is 4.40. The molecule has 0 aliphatic heterocycles. The van der Waals surface area contributed by atoms with Crippen molar-refractivity contribution in [1.82, 2.24) is 4.72 Å². The number of sulfonamides is 1. The third-order valence-electron chi connectivity index (χ3n) is 2.80. The maximum atomic E-state index is 12.0. The van der Waals surface area contributed by atoms with Crippen molar-refractivity contribution in [3.63, 3.8) is 0 Å². The molecule has 0 aromatic heterocycles. The first kappa shape index (κ1) is 17.9. The molecular formula is C13H18ClNO5S. The Labute approximate surface area is 129 Å². The number of nitrogens with one attached hydrogen (secondary N) is 1. The Hall–Kier alpha value is -1.15. The minimum absolute atomic E-state index is 0.0469. The predicted octanol–water partition coefficient (Wildman–Crippen LogP) is 2.13. The summed E-state index contributed by atoms with van der Waals surface area (Å²) >= 11 is 5.76. The van der Waals surface area contributed by atoms with Crippen molar-refractivity contribution in [3.05, 3.63) is 28.8 Å². The number of methoxy groups -OCH3 is 1. The third kappa shape index (κ3) is 5.62. The second kappa shape index (κ2) is 8.33. The van der Waals surface area contributed by atoms with Gasteiger partial charge >= 0.3 is 5.97 Å². The van der Waals surface area contributed by atoms with Crippen LogP contribution in [0.3, 0.4) is 0 Å². The van der Waals surface area contributed by atoms with Crippen LogP contribution in [0.5, 0.6) is 0 Å². The molecule has 118 valence electrons. The van der Waals surface area contributed by atoms with Gasteiger partial charge in [-0.05, 0) is 37.5 Å². The number of hydrogen-bond donors (Lipinski definition) is 2. The molecule has 0 heterocycles. The number of unbranched alkanes of at least 4 members (excludes halogenated alkanes) is 2. The summed E-state index contributed by atoms with van der Waals surface area (Å²) in [5.74, 6) is -1.20. The average Bonchev–Trinajstić information content (AvgIpc) is 2.42. The van der Waals surface area contributed by atoms with Crippen LogP contribution < -0.4 is 4.72 Å². The van der Waals surface area contributed by atoms with Crippen LogP contribution in [0.4, 0.5) is 0 Å². The molecule has 8 heteroatoms. The number of halogens is 1. The molecule has 0 aliphatic rings. The number of ether oxygens (including phenoxy) is 1. The van der Waals surface area contributed by atoms with E-state index in [1.54, 1.807) is 7.11 Å². The number of aromatic carboxylic acids is 1.